The summed E-state index contributed by atoms with van der Waals surface area (Å²) in [5.74, 6) is 0.191. The molecule has 0 atom stereocenters. The molecule has 1 fully saturated rings. The predicted octanol–water partition coefficient (Wildman–Crippen LogP) is 3.69. The van der Waals surface area contributed by atoms with Crippen LogP contribution in [0.3, 0.4) is 0 Å². The van der Waals surface area contributed by atoms with Crippen LogP contribution >= 0.6 is 0 Å². The van der Waals surface area contributed by atoms with Crippen LogP contribution in [0, 0.1) is 0 Å². The van der Waals surface area contributed by atoms with Gasteiger partial charge in [-0.05, 0) is 56.7 Å². The van der Waals surface area contributed by atoms with Gasteiger partial charge in [-0.25, -0.2) is 0 Å². The topological polar surface area (TPSA) is 46.5 Å². The molecular formula is C17H22O3. The van der Waals surface area contributed by atoms with E-state index in [2.05, 4.69) is 19.9 Å². The number of ether oxygens (including phenoxy) is 1. The number of aliphatic carboxylic acids is 1. The van der Waals surface area contributed by atoms with Crippen molar-refractivity contribution >= 4 is 5.97 Å². The zero-order valence-electron chi connectivity index (χ0n) is 12.2. The number of hydrogen-bond acceptors (Lipinski definition) is 2. The van der Waals surface area contributed by atoms with Crippen LogP contribution in [-0.2, 0) is 16.6 Å². The Kier molecular flexibility index (Phi) is 3.03. The Morgan fingerprint density at radius 1 is 1.20 bits per heavy atom. The van der Waals surface area contributed by atoms with Gasteiger partial charge in [0.05, 0.1) is 5.41 Å². The molecule has 1 aromatic rings. The minimum Gasteiger partial charge on any atom is -0.488 e. The Hall–Kier alpha value is -1.51. The molecular weight excluding hydrogens is 252 g/mol. The third-order valence-electron chi connectivity index (χ3n) is 4.87. The molecule has 108 valence electrons. The number of aryl methyl sites for hydroxylation is 1. The molecule has 0 saturated heterocycles. The summed E-state index contributed by atoms with van der Waals surface area (Å²) in [4.78, 5) is 11.8. The van der Waals surface area contributed by atoms with Crippen LogP contribution in [0.1, 0.15) is 57.1 Å². The fourth-order valence-electron chi connectivity index (χ4n) is 3.54. The summed E-state index contributed by atoms with van der Waals surface area (Å²) in [5, 5.41) is 9.68. The maximum absolute atomic E-state index is 11.8. The van der Waals surface area contributed by atoms with Crippen molar-refractivity contribution in [3.05, 3.63) is 29.3 Å². The number of rotatable bonds is 2. The van der Waals surface area contributed by atoms with E-state index in [-0.39, 0.29) is 5.60 Å². The molecule has 0 aromatic heterocycles. The first-order chi connectivity index (χ1) is 9.43. The smallest absolute Gasteiger partial charge is 0.314 e. The van der Waals surface area contributed by atoms with E-state index in [4.69, 9.17) is 4.74 Å². The van der Waals surface area contributed by atoms with Crippen molar-refractivity contribution in [2.75, 3.05) is 0 Å². The summed E-state index contributed by atoms with van der Waals surface area (Å²) in [5.41, 5.74) is 1.27. The van der Waals surface area contributed by atoms with Crippen LogP contribution in [-0.4, -0.2) is 16.7 Å². The van der Waals surface area contributed by atoms with Crippen LogP contribution < -0.4 is 4.74 Å². The fourth-order valence-corrected chi connectivity index (χ4v) is 3.54. The van der Waals surface area contributed by atoms with Crippen molar-refractivity contribution in [3.63, 3.8) is 0 Å². The first-order valence-corrected chi connectivity index (χ1v) is 7.49. The summed E-state index contributed by atoms with van der Waals surface area (Å²) in [6.45, 7) is 4.18. The van der Waals surface area contributed by atoms with E-state index in [1.807, 2.05) is 12.1 Å². The molecule has 1 saturated carbocycles. The number of carbonyl (C=O) groups is 1. The van der Waals surface area contributed by atoms with Crippen LogP contribution in [0.25, 0.3) is 0 Å². The normalized spacial score (nSPS) is 22.9. The van der Waals surface area contributed by atoms with Gasteiger partial charge in [-0.3, -0.25) is 4.79 Å². The van der Waals surface area contributed by atoms with Gasteiger partial charge in [-0.2, -0.15) is 0 Å². The Balaban J connectivity index is 2.02. The molecule has 2 aliphatic rings. The van der Waals surface area contributed by atoms with Crippen LogP contribution in [0.2, 0.25) is 0 Å². The van der Waals surface area contributed by atoms with Crippen molar-refractivity contribution in [2.45, 2.75) is 63.4 Å². The third kappa shape index (κ3) is 2.09. The molecule has 0 amide bonds. The van der Waals surface area contributed by atoms with Crippen molar-refractivity contribution < 1.29 is 14.6 Å². The average molecular weight is 274 g/mol. The largest absolute Gasteiger partial charge is 0.488 e. The first kappa shape index (κ1) is 13.5. The maximum atomic E-state index is 11.8. The van der Waals surface area contributed by atoms with Crippen LogP contribution in [0.4, 0.5) is 0 Å². The highest BCUT2D eigenvalue weighted by Crippen LogP contribution is 2.44. The van der Waals surface area contributed by atoms with Crippen LogP contribution in [0.15, 0.2) is 18.2 Å². The minimum absolute atomic E-state index is 0.155. The molecule has 0 radical (unpaired) electrons. The Morgan fingerprint density at radius 2 is 1.90 bits per heavy atom. The molecule has 0 bridgehead atoms. The molecule has 3 rings (SSSR count). The van der Waals surface area contributed by atoms with Gasteiger partial charge in [0.1, 0.15) is 11.4 Å². The Bertz CT molecular complexity index is 539. The van der Waals surface area contributed by atoms with Crippen molar-refractivity contribution in [1.29, 1.82) is 0 Å². The standard InChI is InChI=1S/C17H22O3/c1-16(2)10-7-12-5-6-13(11-14(12)20-16)17(15(18)19)8-3-4-9-17/h5-6,11H,3-4,7-10H2,1-2H3,(H,18,19). The predicted molar refractivity (Wildman–Crippen MR) is 77.3 cm³/mol. The Morgan fingerprint density at radius 3 is 2.55 bits per heavy atom. The van der Waals surface area contributed by atoms with E-state index in [9.17, 15) is 9.90 Å². The number of fused-ring (bicyclic) bond motifs is 1. The lowest BCUT2D eigenvalue weighted by Crippen LogP contribution is -2.35. The highest BCUT2D eigenvalue weighted by Gasteiger charge is 2.43. The fraction of sp³-hybridized carbons (Fsp3) is 0.588. The quantitative estimate of drug-likeness (QED) is 0.894. The number of benzene rings is 1. The van der Waals surface area contributed by atoms with Gasteiger partial charge in [0, 0.05) is 0 Å². The SMILES string of the molecule is CC1(C)CCc2ccc(C3(C(=O)O)CCCC3)cc2O1. The van der Waals surface area contributed by atoms with E-state index < -0.39 is 11.4 Å². The van der Waals surface area contributed by atoms with Gasteiger partial charge in [0.2, 0.25) is 0 Å². The molecule has 1 aromatic carbocycles. The van der Waals surface area contributed by atoms with E-state index >= 15 is 0 Å². The van der Waals surface area contributed by atoms with Crippen molar-refractivity contribution in [1.82, 2.24) is 0 Å². The molecule has 20 heavy (non-hydrogen) atoms. The zero-order chi connectivity index (χ0) is 14.4. The summed E-state index contributed by atoms with van der Waals surface area (Å²) in [6, 6.07) is 6.04. The molecule has 1 aliphatic carbocycles. The van der Waals surface area contributed by atoms with Gasteiger partial charge < -0.3 is 9.84 Å². The molecule has 0 spiro atoms. The van der Waals surface area contributed by atoms with Gasteiger partial charge in [0.25, 0.3) is 0 Å². The average Bonchev–Trinajstić information content (AvgIpc) is 2.87. The second-order valence-corrected chi connectivity index (χ2v) is 6.78. The lowest BCUT2D eigenvalue weighted by atomic mass is 9.78. The zero-order valence-corrected chi connectivity index (χ0v) is 12.2. The molecule has 1 aliphatic heterocycles. The van der Waals surface area contributed by atoms with Crippen molar-refractivity contribution in [2.24, 2.45) is 0 Å². The molecule has 1 N–H and O–H groups in total. The molecule has 1 heterocycles. The summed E-state index contributed by atoms with van der Waals surface area (Å²) >= 11 is 0. The Labute approximate surface area is 120 Å². The first-order valence-electron chi connectivity index (χ1n) is 7.49. The number of hydrogen-bond donors (Lipinski definition) is 1. The van der Waals surface area contributed by atoms with Gasteiger partial charge in [-0.1, -0.05) is 25.0 Å². The van der Waals surface area contributed by atoms with E-state index in [0.717, 1.165) is 49.8 Å². The van der Waals surface area contributed by atoms with E-state index in [1.165, 1.54) is 5.56 Å². The maximum Gasteiger partial charge on any atom is 0.314 e. The molecule has 3 heteroatoms. The third-order valence-corrected chi connectivity index (χ3v) is 4.87. The van der Waals surface area contributed by atoms with Crippen molar-refractivity contribution in [3.8, 4) is 5.75 Å². The van der Waals surface area contributed by atoms with E-state index in [0.29, 0.717) is 0 Å². The second kappa shape index (κ2) is 4.51. The summed E-state index contributed by atoms with van der Waals surface area (Å²) < 4.78 is 6.05. The molecule has 3 nitrogen and oxygen atoms in total. The molecule has 0 unspecified atom stereocenters. The van der Waals surface area contributed by atoms with E-state index in [1.54, 1.807) is 0 Å². The van der Waals surface area contributed by atoms with Gasteiger partial charge in [0.15, 0.2) is 0 Å². The number of carboxylic acid groups (broad SMARTS) is 1. The highest BCUT2D eigenvalue weighted by molar-refractivity contribution is 5.82. The van der Waals surface area contributed by atoms with Gasteiger partial charge >= 0.3 is 5.97 Å². The van der Waals surface area contributed by atoms with Gasteiger partial charge in [-0.15, -0.1) is 0 Å². The summed E-state index contributed by atoms with van der Waals surface area (Å²) in [7, 11) is 0. The summed E-state index contributed by atoms with van der Waals surface area (Å²) in [6.07, 6.45) is 5.48. The minimum atomic E-state index is -0.694. The second-order valence-electron chi connectivity index (χ2n) is 6.78. The number of carboxylic acids is 1. The lowest BCUT2D eigenvalue weighted by molar-refractivity contribution is -0.143. The monoisotopic (exact) mass is 274 g/mol. The lowest BCUT2D eigenvalue weighted by Gasteiger charge is -2.34. The van der Waals surface area contributed by atoms with Crippen LogP contribution in [0.5, 0.6) is 5.75 Å². The highest BCUT2D eigenvalue weighted by atomic mass is 16.5.